The molecule has 0 radical (unpaired) electrons. The van der Waals surface area contributed by atoms with Crippen LogP contribution in [0.4, 0.5) is 0 Å². The highest BCUT2D eigenvalue weighted by Gasteiger charge is 2.51. The average molecular weight is 113 g/mol. The van der Waals surface area contributed by atoms with Gasteiger partial charge in [0.15, 0.2) is 0 Å². The molecule has 0 aliphatic heterocycles. The molecule has 0 unspecified atom stereocenters. The van der Waals surface area contributed by atoms with Crippen molar-refractivity contribution in [2.45, 2.75) is 20.3 Å². The standard InChI is InChI=1S/C6H11NO/c1-4-3-6(4,2)5(7)8/h4H,3H2,1-2H3,(H2,7,8)/t4-,6-/m1/s1. The van der Waals surface area contributed by atoms with Crippen molar-refractivity contribution in [3.05, 3.63) is 0 Å². The van der Waals surface area contributed by atoms with E-state index in [1.54, 1.807) is 0 Å². The highest BCUT2D eigenvalue weighted by atomic mass is 16.1. The average Bonchev–Trinajstić information content (AvgIpc) is 2.17. The maximum absolute atomic E-state index is 10.5. The molecule has 2 heteroatoms. The molecule has 46 valence electrons. The maximum atomic E-state index is 10.5. The number of hydrogen-bond acceptors (Lipinski definition) is 1. The Kier molecular flexibility index (Phi) is 0.872. The Morgan fingerprint density at radius 3 is 2.25 bits per heavy atom. The van der Waals surface area contributed by atoms with E-state index >= 15 is 0 Å². The fourth-order valence-electron chi connectivity index (χ4n) is 0.921. The van der Waals surface area contributed by atoms with E-state index in [1.807, 2.05) is 13.8 Å². The van der Waals surface area contributed by atoms with Crippen molar-refractivity contribution in [2.75, 3.05) is 0 Å². The van der Waals surface area contributed by atoms with Gasteiger partial charge in [-0.2, -0.15) is 0 Å². The van der Waals surface area contributed by atoms with Crippen molar-refractivity contribution in [3.8, 4) is 0 Å². The third-order valence-corrected chi connectivity index (χ3v) is 2.22. The lowest BCUT2D eigenvalue weighted by molar-refractivity contribution is -0.122. The molecule has 1 saturated carbocycles. The normalized spacial score (nSPS) is 44.0. The predicted octanol–water partition coefficient (Wildman–Crippen LogP) is 0.518. The zero-order valence-corrected chi connectivity index (χ0v) is 5.27. The minimum Gasteiger partial charge on any atom is -0.369 e. The molecule has 0 bridgehead atoms. The lowest BCUT2D eigenvalue weighted by atomic mass is 10.1. The van der Waals surface area contributed by atoms with Gasteiger partial charge in [-0.25, -0.2) is 0 Å². The number of nitrogens with two attached hydrogens (primary N) is 1. The van der Waals surface area contributed by atoms with Crippen LogP contribution < -0.4 is 5.73 Å². The zero-order valence-electron chi connectivity index (χ0n) is 5.27. The van der Waals surface area contributed by atoms with E-state index in [-0.39, 0.29) is 11.3 Å². The fourth-order valence-corrected chi connectivity index (χ4v) is 0.921. The summed E-state index contributed by atoms with van der Waals surface area (Å²) in [5.74, 6) is 0.366. The van der Waals surface area contributed by atoms with Gasteiger partial charge < -0.3 is 5.73 Å². The molecular formula is C6H11NO. The summed E-state index contributed by atoms with van der Waals surface area (Å²) in [5.41, 5.74) is 4.93. The van der Waals surface area contributed by atoms with Crippen LogP contribution in [0.1, 0.15) is 20.3 Å². The first-order chi connectivity index (χ1) is 3.57. The Morgan fingerprint density at radius 1 is 1.88 bits per heavy atom. The van der Waals surface area contributed by atoms with Gasteiger partial charge in [0.25, 0.3) is 0 Å². The van der Waals surface area contributed by atoms with Gasteiger partial charge in [0, 0.05) is 5.41 Å². The van der Waals surface area contributed by atoms with Crippen LogP contribution >= 0.6 is 0 Å². The summed E-state index contributed by atoms with van der Waals surface area (Å²) in [6.45, 7) is 3.96. The van der Waals surface area contributed by atoms with E-state index in [9.17, 15) is 4.79 Å². The van der Waals surface area contributed by atoms with Crippen LogP contribution in [-0.4, -0.2) is 5.91 Å². The molecule has 0 aromatic carbocycles. The quantitative estimate of drug-likeness (QED) is 0.529. The largest absolute Gasteiger partial charge is 0.369 e. The van der Waals surface area contributed by atoms with E-state index in [0.717, 1.165) is 6.42 Å². The molecule has 0 saturated heterocycles. The molecule has 2 nitrogen and oxygen atoms in total. The number of rotatable bonds is 1. The number of amides is 1. The Morgan fingerprint density at radius 2 is 2.25 bits per heavy atom. The molecule has 0 aromatic rings. The van der Waals surface area contributed by atoms with Gasteiger partial charge in [-0.05, 0) is 12.3 Å². The summed E-state index contributed by atoms with van der Waals surface area (Å²) >= 11 is 0. The molecule has 1 amide bonds. The van der Waals surface area contributed by atoms with Gasteiger partial charge in [0.1, 0.15) is 0 Å². The summed E-state index contributed by atoms with van der Waals surface area (Å²) in [4.78, 5) is 10.5. The molecule has 1 fully saturated rings. The highest BCUT2D eigenvalue weighted by Crippen LogP contribution is 2.51. The van der Waals surface area contributed by atoms with Crippen molar-refractivity contribution in [1.82, 2.24) is 0 Å². The summed E-state index contributed by atoms with van der Waals surface area (Å²) < 4.78 is 0. The molecule has 0 heterocycles. The molecule has 8 heavy (non-hydrogen) atoms. The van der Waals surface area contributed by atoms with Gasteiger partial charge in [0.2, 0.25) is 5.91 Å². The Balaban J connectivity index is 2.60. The van der Waals surface area contributed by atoms with Crippen molar-refractivity contribution in [1.29, 1.82) is 0 Å². The van der Waals surface area contributed by atoms with E-state index in [1.165, 1.54) is 0 Å². The molecule has 1 rings (SSSR count). The Hall–Kier alpha value is -0.530. The third-order valence-electron chi connectivity index (χ3n) is 2.22. The van der Waals surface area contributed by atoms with Gasteiger partial charge in [-0.15, -0.1) is 0 Å². The lowest BCUT2D eigenvalue weighted by Crippen LogP contribution is -2.22. The predicted molar refractivity (Wildman–Crippen MR) is 31.1 cm³/mol. The first-order valence-corrected chi connectivity index (χ1v) is 2.87. The third kappa shape index (κ3) is 0.522. The first kappa shape index (κ1) is 5.60. The smallest absolute Gasteiger partial charge is 0.223 e. The SMILES string of the molecule is C[C@@H]1C[C@@]1(C)C(N)=O. The van der Waals surface area contributed by atoms with Crippen LogP contribution in [0.15, 0.2) is 0 Å². The second-order valence-corrected chi connectivity index (χ2v) is 2.89. The second kappa shape index (κ2) is 1.24. The lowest BCUT2D eigenvalue weighted by Gasteiger charge is -1.99. The van der Waals surface area contributed by atoms with Crippen LogP contribution in [0.25, 0.3) is 0 Å². The minimum absolute atomic E-state index is 0.148. The van der Waals surface area contributed by atoms with Crippen LogP contribution in [0, 0.1) is 11.3 Å². The molecule has 0 aromatic heterocycles. The van der Waals surface area contributed by atoms with E-state index < -0.39 is 0 Å². The molecule has 2 N–H and O–H groups in total. The first-order valence-electron chi connectivity index (χ1n) is 2.87. The van der Waals surface area contributed by atoms with Crippen molar-refractivity contribution < 1.29 is 4.79 Å². The van der Waals surface area contributed by atoms with Gasteiger partial charge >= 0.3 is 0 Å². The van der Waals surface area contributed by atoms with Crippen LogP contribution in [0.2, 0.25) is 0 Å². The number of hydrogen-bond donors (Lipinski definition) is 1. The summed E-state index contributed by atoms with van der Waals surface area (Å²) in [7, 11) is 0. The number of primary amides is 1. The van der Waals surface area contributed by atoms with E-state index in [0.29, 0.717) is 5.92 Å². The van der Waals surface area contributed by atoms with E-state index in [2.05, 4.69) is 0 Å². The Bertz CT molecular complexity index is 132. The topological polar surface area (TPSA) is 43.1 Å². The fraction of sp³-hybridized carbons (Fsp3) is 0.833. The van der Waals surface area contributed by atoms with Crippen molar-refractivity contribution >= 4 is 5.91 Å². The zero-order chi connectivity index (χ0) is 6.36. The summed E-state index contributed by atoms with van der Waals surface area (Å²) in [6.07, 6.45) is 0.975. The summed E-state index contributed by atoms with van der Waals surface area (Å²) in [5, 5.41) is 0. The highest BCUT2D eigenvalue weighted by molar-refractivity contribution is 5.83. The van der Waals surface area contributed by atoms with Gasteiger partial charge in [-0.3, -0.25) is 4.79 Å². The van der Waals surface area contributed by atoms with Crippen molar-refractivity contribution in [2.24, 2.45) is 17.1 Å². The van der Waals surface area contributed by atoms with Crippen LogP contribution in [-0.2, 0) is 4.79 Å². The molecule has 1 aliphatic carbocycles. The second-order valence-electron chi connectivity index (χ2n) is 2.89. The monoisotopic (exact) mass is 113 g/mol. The molecule has 1 aliphatic rings. The molecular weight excluding hydrogens is 102 g/mol. The van der Waals surface area contributed by atoms with Crippen molar-refractivity contribution in [3.63, 3.8) is 0 Å². The summed E-state index contributed by atoms with van der Waals surface area (Å²) in [6, 6.07) is 0. The molecule has 2 atom stereocenters. The minimum atomic E-state index is -0.153. The van der Waals surface area contributed by atoms with Gasteiger partial charge in [0.05, 0.1) is 0 Å². The van der Waals surface area contributed by atoms with Crippen LogP contribution in [0.3, 0.4) is 0 Å². The Labute approximate surface area is 49.1 Å². The van der Waals surface area contributed by atoms with Gasteiger partial charge in [-0.1, -0.05) is 13.8 Å². The number of carbonyl (C=O) groups is 1. The number of carbonyl (C=O) groups excluding carboxylic acids is 1. The maximum Gasteiger partial charge on any atom is 0.223 e. The molecule has 0 spiro atoms. The van der Waals surface area contributed by atoms with E-state index in [4.69, 9.17) is 5.73 Å². The van der Waals surface area contributed by atoms with Crippen LogP contribution in [0.5, 0.6) is 0 Å².